The summed E-state index contributed by atoms with van der Waals surface area (Å²) < 4.78 is 4.94. The Balaban J connectivity index is 2.92. The topological polar surface area (TPSA) is 49.7 Å². The third-order valence-electron chi connectivity index (χ3n) is 1.41. The monoisotopic (exact) mass is 186 g/mol. The van der Waals surface area contributed by atoms with Crippen molar-refractivity contribution in [3.8, 4) is 5.75 Å². The molecule has 0 aliphatic carbocycles. The van der Waals surface area contributed by atoms with Crippen LogP contribution in [0, 0.1) is 0 Å². The molecule has 0 aliphatic rings. The van der Waals surface area contributed by atoms with Crippen LogP contribution >= 0.6 is 11.6 Å². The predicted molar refractivity (Wildman–Crippen MR) is 47.6 cm³/mol. The number of benzene rings is 1. The van der Waals surface area contributed by atoms with Gasteiger partial charge < -0.3 is 14.8 Å². The molecule has 1 aromatic rings. The van der Waals surface area contributed by atoms with Crippen molar-refractivity contribution in [2.24, 2.45) is 0 Å². The smallest absolute Gasteiger partial charge is 0.478 e. The van der Waals surface area contributed by atoms with Crippen LogP contribution in [0.5, 0.6) is 5.75 Å². The van der Waals surface area contributed by atoms with Crippen LogP contribution in [0.25, 0.3) is 0 Å². The first-order valence-electron chi connectivity index (χ1n) is 3.39. The van der Waals surface area contributed by atoms with E-state index in [4.69, 9.17) is 26.4 Å². The predicted octanol–water partition coefficient (Wildman–Crippen LogP) is -0.0585. The van der Waals surface area contributed by atoms with Crippen LogP contribution in [0.3, 0.4) is 0 Å². The Kier molecular flexibility index (Phi) is 3.40. The fourth-order valence-corrected chi connectivity index (χ4v) is 1.00. The van der Waals surface area contributed by atoms with Gasteiger partial charge in [0.25, 0.3) is 0 Å². The molecule has 5 heteroatoms. The molecule has 1 rings (SSSR count). The minimum absolute atomic E-state index is 0.0102. The van der Waals surface area contributed by atoms with E-state index in [0.29, 0.717) is 11.2 Å². The standard InChI is InChI=1S/C7H8BClO3/c9-5-12-7-4-2-1-3-6(7)8(10)11/h1-4,10-11H,5H2. The highest BCUT2D eigenvalue weighted by atomic mass is 35.5. The van der Waals surface area contributed by atoms with Crippen LogP contribution in [0.2, 0.25) is 0 Å². The van der Waals surface area contributed by atoms with Crippen molar-refractivity contribution in [3.63, 3.8) is 0 Å². The lowest BCUT2D eigenvalue weighted by atomic mass is 9.80. The molecule has 64 valence electrons. The van der Waals surface area contributed by atoms with Crippen molar-refractivity contribution in [2.75, 3.05) is 6.07 Å². The second-order valence-corrected chi connectivity index (χ2v) is 2.38. The van der Waals surface area contributed by atoms with E-state index >= 15 is 0 Å². The summed E-state index contributed by atoms with van der Waals surface area (Å²) in [6.07, 6.45) is 0. The fourth-order valence-electron chi connectivity index (χ4n) is 0.884. The molecule has 0 saturated heterocycles. The van der Waals surface area contributed by atoms with E-state index in [1.807, 2.05) is 0 Å². The van der Waals surface area contributed by atoms with E-state index in [9.17, 15) is 0 Å². The molecule has 0 unspecified atom stereocenters. The van der Waals surface area contributed by atoms with Crippen LogP contribution in [0.1, 0.15) is 0 Å². The molecular formula is C7H8BClO3. The van der Waals surface area contributed by atoms with E-state index < -0.39 is 7.12 Å². The van der Waals surface area contributed by atoms with E-state index in [1.54, 1.807) is 24.3 Å². The average Bonchev–Trinajstić information content (AvgIpc) is 2.05. The molecule has 0 radical (unpaired) electrons. The lowest BCUT2D eigenvalue weighted by Gasteiger charge is -2.07. The zero-order valence-electron chi connectivity index (χ0n) is 6.27. The van der Waals surface area contributed by atoms with Gasteiger partial charge in [-0.05, 0) is 6.07 Å². The largest absolute Gasteiger partial charge is 0.492 e. The highest BCUT2D eigenvalue weighted by Crippen LogP contribution is 2.06. The molecule has 3 nitrogen and oxygen atoms in total. The van der Waals surface area contributed by atoms with Crippen LogP contribution in [0.15, 0.2) is 24.3 Å². The maximum absolute atomic E-state index is 8.86. The quantitative estimate of drug-likeness (QED) is 0.514. The highest BCUT2D eigenvalue weighted by molar-refractivity contribution is 6.59. The summed E-state index contributed by atoms with van der Waals surface area (Å²) in [5, 5.41) is 17.7. The SMILES string of the molecule is OB(O)c1ccccc1OCCl. The number of alkyl halides is 1. The van der Waals surface area contributed by atoms with Gasteiger partial charge in [-0.3, -0.25) is 0 Å². The zero-order valence-corrected chi connectivity index (χ0v) is 7.03. The Bertz CT molecular complexity index is 254. The fraction of sp³-hybridized carbons (Fsp3) is 0.143. The maximum Gasteiger partial charge on any atom is 0.492 e. The van der Waals surface area contributed by atoms with Crippen molar-refractivity contribution in [2.45, 2.75) is 0 Å². The molecular weight excluding hydrogens is 178 g/mol. The average molecular weight is 186 g/mol. The lowest BCUT2D eigenvalue weighted by Crippen LogP contribution is -2.31. The third-order valence-corrected chi connectivity index (χ3v) is 1.52. The summed E-state index contributed by atoms with van der Waals surface area (Å²) >= 11 is 5.33. The Hall–Kier alpha value is -0.705. The molecule has 2 N–H and O–H groups in total. The molecule has 12 heavy (non-hydrogen) atoms. The van der Waals surface area contributed by atoms with Crippen molar-refractivity contribution >= 4 is 24.2 Å². The number of hydrogen-bond donors (Lipinski definition) is 2. The maximum atomic E-state index is 8.86. The highest BCUT2D eigenvalue weighted by Gasteiger charge is 2.15. The van der Waals surface area contributed by atoms with Gasteiger partial charge in [-0.25, -0.2) is 0 Å². The summed E-state index contributed by atoms with van der Waals surface area (Å²) in [5.41, 5.74) is 0.318. The number of halogens is 1. The molecule has 0 spiro atoms. The minimum atomic E-state index is -1.52. The number of rotatable bonds is 3. The molecule has 0 amide bonds. The van der Waals surface area contributed by atoms with Gasteiger partial charge in [0, 0.05) is 5.46 Å². The Labute approximate surface area is 75.7 Å². The second kappa shape index (κ2) is 4.35. The summed E-state index contributed by atoms with van der Waals surface area (Å²) in [6, 6.07) is 6.59. The normalized spacial score (nSPS) is 9.58. The van der Waals surface area contributed by atoms with Crippen LogP contribution in [-0.4, -0.2) is 23.2 Å². The van der Waals surface area contributed by atoms with E-state index in [1.165, 1.54) is 0 Å². The summed E-state index contributed by atoms with van der Waals surface area (Å²) in [6.45, 7) is 0. The van der Waals surface area contributed by atoms with Gasteiger partial charge >= 0.3 is 7.12 Å². The van der Waals surface area contributed by atoms with Gasteiger partial charge in [0.05, 0.1) is 0 Å². The van der Waals surface area contributed by atoms with Crippen molar-refractivity contribution in [1.29, 1.82) is 0 Å². The first-order chi connectivity index (χ1) is 5.75. The first-order valence-corrected chi connectivity index (χ1v) is 3.93. The second-order valence-electron chi connectivity index (χ2n) is 2.16. The van der Waals surface area contributed by atoms with Crippen molar-refractivity contribution in [3.05, 3.63) is 24.3 Å². The van der Waals surface area contributed by atoms with E-state index in [0.717, 1.165) is 0 Å². The van der Waals surface area contributed by atoms with Crippen LogP contribution in [0.4, 0.5) is 0 Å². The zero-order chi connectivity index (χ0) is 8.97. The third kappa shape index (κ3) is 2.14. The van der Waals surface area contributed by atoms with Gasteiger partial charge in [-0.1, -0.05) is 29.8 Å². The summed E-state index contributed by atoms with van der Waals surface area (Å²) in [5.74, 6) is 0.391. The van der Waals surface area contributed by atoms with Gasteiger partial charge in [-0.15, -0.1) is 0 Å². The first kappa shape index (κ1) is 9.38. The van der Waals surface area contributed by atoms with Crippen molar-refractivity contribution in [1.82, 2.24) is 0 Å². The Morgan fingerprint density at radius 3 is 2.58 bits per heavy atom. The molecule has 0 saturated carbocycles. The molecule has 0 atom stereocenters. The Morgan fingerprint density at radius 2 is 2.00 bits per heavy atom. The lowest BCUT2D eigenvalue weighted by molar-refractivity contribution is 0.383. The van der Waals surface area contributed by atoms with Gasteiger partial charge in [0.2, 0.25) is 0 Å². The van der Waals surface area contributed by atoms with Gasteiger partial charge in [0.1, 0.15) is 5.75 Å². The number of para-hydroxylation sites is 1. The van der Waals surface area contributed by atoms with Crippen LogP contribution in [-0.2, 0) is 0 Å². The molecule has 0 aromatic heterocycles. The minimum Gasteiger partial charge on any atom is -0.478 e. The molecule has 0 heterocycles. The molecule has 0 bridgehead atoms. The number of ether oxygens (including phenoxy) is 1. The molecule has 1 aromatic carbocycles. The Morgan fingerprint density at radius 1 is 1.33 bits per heavy atom. The van der Waals surface area contributed by atoms with Gasteiger partial charge in [-0.2, -0.15) is 0 Å². The summed E-state index contributed by atoms with van der Waals surface area (Å²) in [4.78, 5) is 0. The summed E-state index contributed by atoms with van der Waals surface area (Å²) in [7, 11) is -1.52. The van der Waals surface area contributed by atoms with E-state index in [2.05, 4.69) is 0 Å². The van der Waals surface area contributed by atoms with Crippen molar-refractivity contribution < 1.29 is 14.8 Å². The molecule has 0 fully saturated rings. The number of hydrogen-bond acceptors (Lipinski definition) is 3. The van der Waals surface area contributed by atoms with Crippen LogP contribution < -0.4 is 10.2 Å². The van der Waals surface area contributed by atoms with Gasteiger partial charge in [0.15, 0.2) is 6.07 Å². The van der Waals surface area contributed by atoms with E-state index in [-0.39, 0.29) is 6.07 Å². The molecule has 0 aliphatic heterocycles.